The van der Waals surface area contributed by atoms with Crippen molar-refractivity contribution in [3.05, 3.63) is 54.9 Å². The van der Waals surface area contributed by atoms with E-state index in [1.165, 1.54) is 31.2 Å². The molecular formula is C24H34N2O. The predicted molar refractivity (Wildman–Crippen MR) is 114 cm³/mol. The van der Waals surface area contributed by atoms with E-state index in [0.717, 1.165) is 55.3 Å². The van der Waals surface area contributed by atoms with Crippen LogP contribution in [0.15, 0.2) is 49.3 Å². The van der Waals surface area contributed by atoms with E-state index in [0.29, 0.717) is 0 Å². The number of unbranched alkanes of at least 4 members (excludes halogenated alkanes) is 3. The van der Waals surface area contributed by atoms with E-state index in [-0.39, 0.29) is 0 Å². The topological polar surface area (TPSA) is 35.0 Å². The van der Waals surface area contributed by atoms with Crippen LogP contribution in [0.25, 0.3) is 11.4 Å². The molecular weight excluding hydrogens is 332 g/mol. The van der Waals surface area contributed by atoms with Gasteiger partial charge in [0.1, 0.15) is 5.75 Å². The Bertz CT molecular complexity index is 649. The Morgan fingerprint density at radius 1 is 1.04 bits per heavy atom. The van der Waals surface area contributed by atoms with Gasteiger partial charge in [-0.3, -0.25) is 0 Å². The molecule has 0 saturated heterocycles. The highest BCUT2D eigenvalue weighted by atomic mass is 16.5. The third-order valence-corrected chi connectivity index (χ3v) is 5.00. The van der Waals surface area contributed by atoms with E-state index < -0.39 is 0 Å². The van der Waals surface area contributed by atoms with Crippen LogP contribution in [0.3, 0.4) is 0 Å². The van der Waals surface area contributed by atoms with Crippen molar-refractivity contribution >= 4 is 0 Å². The van der Waals surface area contributed by atoms with Gasteiger partial charge >= 0.3 is 0 Å². The van der Waals surface area contributed by atoms with Crippen LogP contribution in [0.2, 0.25) is 0 Å². The summed E-state index contributed by atoms with van der Waals surface area (Å²) in [5.74, 6) is 2.51. The number of aryl methyl sites for hydroxylation is 1. The molecule has 3 heteroatoms. The molecule has 3 nitrogen and oxygen atoms in total. The molecule has 1 heterocycles. The summed E-state index contributed by atoms with van der Waals surface area (Å²) >= 11 is 0. The molecule has 0 radical (unpaired) electrons. The first-order valence-electron chi connectivity index (χ1n) is 10.4. The zero-order chi connectivity index (χ0) is 19.3. The van der Waals surface area contributed by atoms with Gasteiger partial charge in [-0.2, -0.15) is 0 Å². The average Bonchev–Trinajstić information content (AvgIpc) is 2.72. The minimum absolute atomic E-state index is 0.745. The molecule has 0 saturated carbocycles. The fourth-order valence-corrected chi connectivity index (χ4v) is 2.94. The molecule has 0 spiro atoms. The molecule has 2 rings (SSSR count). The molecule has 0 N–H and O–H groups in total. The van der Waals surface area contributed by atoms with E-state index in [4.69, 9.17) is 4.74 Å². The summed E-state index contributed by atoms with van der Waals surface area (Å²) in [7, 11) is 0. The first-order chi connectivity index (χ1) is 13.2. The summed E-state index contributed by atoms with van der Waals surface area (Å²) in [5, 5.41) is 0. The van der Waals surface area contributed by atoms with Crippen LogP contribution < -0.4 is 4.74 Å². The minimum atomic E-state index is 0.745. The maximum Gasteiger partial charge on any atom is 0.159 e. The fraction of sp³-hybridized carbons (Fsp3) is 0.500. The Hall–Kier alpha value is -2.16. The maximum absolute atomic E-state index is 5.77. The molecule has 1 aromatic heterocycles. The molecule has 0 aliphatic carbocycles. The van der Waals surface area contributed by atoms with Crippen molar-refractivity contribution in [1.82, 2.24) is 9.97 Å². The van der Waals surface area contributed by atoms with Gasteiger partial charge in [0.15, 0.2) is 5.82 Å². The van der Waals surface area contributed by atoms with Crippen LogP contribution in [-0.2, 0) is 6.42 Å². The molecule has 0 aliphatic heterocycles. The monoisotopic (exact) mass is 366 g/mol. The molecule has 0 amide bonds. The van der Waals surface area contributed by atoms with Gasteiger partial charge in [0.25, 0.3) is 0 Å². The second-order valence-corrected chi connectivity index (χ2v) is 7.33. The van der Waals surface area contributed by atoms with Gasteiger partial charge in [-0.1, -0.05) is 39.2 Å². The number of rotatable bonds is 13. The van der Waals surface area contributed by atoms with Crippen molar-refractivity contribution in [2.24, 2.45) is 5.92 Å². The Kier molecular flexibility index (Phi) is 9.61. The van der Waals surface area contributed by atoms with Gasteiger partial charge in [-0.25, -0.2) is 9.97 Å². The second kappa shape index (κ2) is 12.3. The minimum Gasteiger partial charge on any atom is -0.494 e. The van der Waals surface area contributed by atoms with Crippen LogP contribution >= 0.6 is 0 Å². The zero-order valence-electron chi connectivity index (χ0n) is 17.0. The highest BCUT2D eigenvalue weighted by Crippen LogP contribution is 2.20. The van der Waals surface area contributed by atoms with Crippen molar-refractivity contribution in [2.45, 2.75) is 65.2 Å². The highest BCUT2D eigenvalue weighted by molar-refractivity contribution is 5.55. The number of ether oxygens (including phenoxy) is 1. The van der Waals surface area contributed by atoms with Gasteiger partial charge in [0.2, 0.25) is 0 Å². The summed E-state index contributed by atoms with van der Waals surface area (Å²) in [5.41, 5.74) is 2.25. The Morgan fingerprint density at radius 2 is 1.78 bits per heavy atom. The van der Waals surface area contributed by atoms with Crippen molar-refractivity contribution in [1.29, 1.82) is 0 Å². The molecule has 0 bridgehead atoms. The van der Waals surface area contributed by atoms with Gasteiger partial charge in [-0.05, 0) is 67.9 Å². The average molecular weight is 367 g/mol. The summed E-state index contributed by atoms with van der Waals surface area (Å²) < 4.78 is 5.77. The second-order valence-electron chi connectivity index (χ2n) is 7.33. The lowest BCUT2D eigenvalue weighted by molar-refractivity contribution is 0.307. The van der Waals surface area contributed by atoms with Gasteiger partial charge in [-0.15, -0.1) is 6.58 Å². The molecule has 1 unspecified atom stereocenters. The van der Waals surface area contributed by atoms with Crippen LogP contribution in [-0.4, -0.2) is 16.6 Å². The summed E-state index contributed by atoms with van der Waals surface area (Å²) in [6, 6.07) is 8.05. The van der Waals surface area contributed by atoms with E-state index >= 15 is 0 Å². The number of hydrogen-bond donors (Lipinski definition) is 0. The van der Waals surface area contributed by atoms with Crippen LogP contribution in [0, 0.1) is 5.92 Å². The van der Waals surface area contributed by atoms with Gasteiger partial charge in [0, 0.05) is 18.0 Å². The molecule has 2 aromatic rings. The lowest BCUT2D eigenvalue weighted by Crippen LogP contribution is -1.97. The quantitative estimate of drug-likeness (QED) is 0.294. The first kappa shape index (κ1) is 21.1. The van der Waals surface area contributed by atoms with Gasteiger partial charge in [0.05, 0.1) is 6.61 Å². The SMILES string of the molecule is C=CCCCCOc1ccc(-c2ncc(CCCCC(C)CC)cn2)cc1. The lowest BCUT2D eigenvalue weighted by atomic mass is 10.00. The van der Waals surface area contributed by atoms with Gasteiger partial charge < -0.3 is 4.74 Å². The van der Waals surface area contributed by atoms with E-state index in [2.05, 4.69) is 30.4 Å². The zero-order valence-corrected chi connectivity index (χ0v) is 17.0. The van der Waals surface area contributed by atoms with E-state index in [1.807, 2.05) is 42.7 Å². The van der Waals surface area contributed by atoms with Crippen molar-refractivity contribution in [3.63, 3.8) is 0 Å². The lowest BCUT2D eigenvalue weighted by Gasteiger charge is -2.08. The summed E-state index contributed by atoms with van der Waals surface area (Å²) in [6.07, 6.45) is 15.3. The first-order valence-corrected chi connectivity index (χ1v) is 10.4. The molecule has 0 fully saturated rings. The van der Waals surface area contributed by atoms with Crippen molar-refractivity contribution in [2.75, 3.05) is 6.61 Å². The van der Waals surface area contributed by atoms with Crippen molar-refractivity contribution < 1.29 is 4.74 Å². The Morgan fingerprint density at radius 3 is 2.44 bits per heavy atom. The third kappa shape index (κ3) is 7.94. The number of benzene rings is 1. The van der Waals surface area contributed by atoms with Crippen LogP contribution in [0.4, 0.5) is 0 Å². The molecule has 1 aromatic carbocycles. The fourth-order valence-electron chi connectivity index (χ4n) is 2.94. The highest BCUT2D eigenvalue weighted by Gasteiger charge is 2.04. The number of hydrogen-bond acceptors (Lipinski definition) is 3. The van der Waals surface area contributed by atoms with E-state index in [1.54, 1.807) is 0 Å². The maximum atomic E-state index is 5.77. The number of allylic oxidation sites excluding steroid dienone is 1. The third-order valence-electron chi connectivity index (χ3n) is 5.00. The molecule has 1 atom stereocenters. The number of aromatic nitrogens is 2. The summed E-state index contributed by atoms with van der Waals surface area (Å²) in [4.78, 5) is 9.09. The Balaban J connectivity index is 1.77. The standard InChI is InChI=1S/C24H34N2O/c1-4-6-7-10-17-27-23-15-13-22(14-16-23)24-25-18-21(19-26-24)12-9-8-11-20(3)5-2/h4,13-16,18-20H,1,5-12,17H2,2-3H3. The van der Waals surface area contributed by atoms with E-state index in [9.17, 15) is 0 Å². The molecule has 0 aliphatic rings. The largest absolute Gasteiger partial charge is 0.494 e. The smallest absolute Gasteiger partial charge is 0.159 e. The number of nitrogens with zero attached hydrogens (tertiary/aromatic N) is 2. The normalized spacial score (nSPS) is 11.9. The molecule has 27 heavy (non-hydrogen) atoms. The van der Waals surface area contributed by atoms with Crippen LogP contribution in [0.1, 0.15) is 64.4 Å². The summed E-state index contributed by atoms with van der Waals surface area (Å²) in [6.45, 7) is 9.08. The van der Waals surface area contributed by atoms with Crippen molar-refractivity contribution in [3.8, 4) is 17.1 Å². The molecule has 146 valence electrons. The predicted octanol–water partition coefficient (Wildman–Crippen LogP) is 6.64. The van der Waals surface area contributed by atoms with Crippen LogP contribution in [0.5, 0.6) is 5.75 Å². The Labute approximate surface area is 164 Å².